The van der Waals surface area contributed by atoms with E-state index >= 15 is 0 Å². The lowest BCUT2D eigenvalue weighted by atomic mass is 9.60. The number of hydrogen-bond acceptors (Lipinski definition) is 3. The first-order valence-corrected chi connectivity index (χ1v) is 8.81. The standard InChI is InChI=1S/C23H24O3/c1-5-15-23(18-11-13-19(25-4)14-12-18)21(24)20(22(23)26-16(2)3)17-9-7-6-8-10-17/h5-14,16H,1,15H2,2-4H3. The van der Waals surface area contributed by atoms with Gasteiger partial charge in [-0.3, -0.25) is 4.79 Å². The zero-order chi connectivity index (χ0) is 18.7. The molecule has 2 aromatic carbocycles. The Balaban J connectivity index is 2.18. The summed E-state index contributed by atoms with van der Waals surface area (Å²) in [5.41, 5.74) is 1.64. The van der Waals surface area contributed by atoms with E-state index in [0.29, 0.717) is 12.0 Å². The Labute approximate surface area is 155 Å². The molecule has 0 N–H and O–H groups in total. The van der Waals surface area contributed by atoms with Gasteiger partial charge in [0.25, 0.3) is 0 Å². The molecule has 134 valence electrons. The molecular formula is C23H24O3. The van der Waals surface area contributed by atoms with Crippen molar-refractivity contribution in [1.29, 1.82) is 0 Å². The Kier molecular flexibility index (Phi) is 4.99. The fourth-order valence-corrected chi connectivity index (χ4v) is 3.49. The molecule has 1 aliphatic carbocycles. The number of carbonyl (C=O) groups excluding carboxylic acids is 1. The molecule has 3 rings (SSSR count). The second-order valence-electron chi connectivity index (χ2n) is 6.69. The van der Waals surface area contributed by atoms with Crippen LogP contribution in [0.15, 0.2) is 73.0 Å². The van der Waals surface area contributed by atoms with Crippen LogP contribution in [-0.2, 0) is 14.9 Å². The van der Waals surface area contributed by atoms with Gasteiger partial charge in [-0.1, -0.05) is 48.5 Å². The molecule has 0 fully saturated rings. The largest absolute Gasteiger partial charge is 0.497 e. The van der Waals surface area contributed by atoms with Crippen LogP contribution in [0.25, 0.3) is 5.57 Å². The molecule has 3 heteroatoms. The number of Topliss-reactive ketones (excluding diaryl/α,β-unsaturated/α-hetero) is 1. The summed E-state index contributed by atoms with van der Waals surface area (Å²) in [6.07, 6.45) is 2.25. The summed E-state index contributed by atoms with van der Waals surface area (Å²) >= 11 is 0. The van der Waals surface area contributed by atoms with Gasteiger partial charge >= 0.3 is 0 Å². The Morgan fingerprint density at radius 2 is 1.73 bits per heavy atom. The van der Waals surface area contributed by atoms with Crippen molar-refractivity contribution in [3.63, 3.8) is 0 Å². The minimum absolute atomic E-state index is 0.0285. The number of rotatable bonds is 7. The predicted molar refractivity (Wildman–Crippen MR) is 104 cm³/mol. The van der Waals surface area contributed by atoms with E-state index < -0.39 is 5.41 Å². The first-order valence-electron chi connectivity index (χ1n) is 8.81. The number of allylic oxidation sites excluding steroid dienone is 3. The third kappa shape index (κ3) is 2.84. The summed E-state index contributed by atoms with van der Waals surface area (Å²) in [6.45, 7) is 7.83. The van der Waals surface area contributed by atoms with Crippen molar-refractivity contribution in [2.75, 3.05) is 7.11 Å². The Morgan fingerprint density at radius 3 is 2.27 bits per heavy atom. The third-order valence-electron chi connectivity index (χ3n) is 4.68. The van der Waals surface area contributed by atoms with Crippen LogP contribution in [0.3, 0.4) is 0 Å². The van der Waals surface area contributed by atoms with E-state index in [9.17, 15) is 4.79 Å². The summed E-state index contributed by atoms with van der Waals surface area (Å²) in [7, 11) is 1.63. The van der Waals surface area contributed by atoms with E-state index in [2.05, 4.69) is 6.58 Å². The second kappa shape index (κ2) is 7.20. The molecule has 0 aromatic heterocycles. The highest BCUT2D eigenvalue weighted by Gasteiger charge is 2.56. The predicted octanol–water partition coefficient (Wildman–Crippen LogP) is 4.93. The van der Waals surface area contributed by atoms with Gasteiger partial charge < -0.3 is 9.47 Å². The minimum Gasteiger partial charge on any atom is -0.497 e. The number of benzene rings is 2. The second-order valence-corrected chi connectivity index (χ2v) is 6.69. The molecule has 0 aliphatic heterocycles. The molecule has 0 saturated carbocycles. The number of hydrogen-bond donors (Lipinski definition) is 0. The maximum Gasteiger partial charge on any atom is 0.185 e. The zero-order valence-corrected chi connectivity index (χ0v) is 15.5. The molecule has 0 saturated heterocycles. The summed E-state index contributed by atoms with van der Waals surface area (Å²) in [5.74, 6) is 1.56. The van der Waals surface area contributed by atoms with Crippen LogP contribution in [0.2, 0.25) is 0 Å². The average molecular weight is 348 g/mol. The number of methoxy groups -OCH3 is 1. The van der Waals surface area contributed by atoms with Crippen LogP contribution in [0.5, 0.6) is 5.75 Å². The third-order valence-corrected chi connectivity index (χ3v) is 4.68. The van der Waals surface area contributed by atoms with Gasteiger partial charge in [-0.25, -0.2) is 0 Å². The van der Waals surface area contributed by atoms with Crippen LogP contribution >= 0.6 is 0 Å². The zero-order valence-electron chi connectivity index (χ0n) is 15.5. The SMILES string of the molecule is C=CCC1(c2ccc(OC)cc2)C(=O)C(c2ccccc2)=C1OC(C)C. The normalized spacial score (nSPS) is 19.3. The van der Waals surface area contributed by atoms with Crippen molar-refractivity contribution >= 4 is 11.4 Å². The van der Waals surface area contributed by atoms with Crippen molar-refractivity contribution in [1.82, 2.24) is 0 Å². The van der Waals surface area contributed by atoms with Crippen LogP contribution < -0.4 is 4.74 Å². The van der Waals surface area contributed by atoms with Crippen molar-refractivity contribution < 1.29 is 14.3 Å². The van der Waals surface area contributed by atoms with E-state index in [1.54, 1.807) is 13.2 Å². The molecule has 2 aromatic rings. The lowest BCUT2D eigenvalue weighted by Crippen LogP contribution is -2.48. The molecule has 0 amide bonds. The first-order chi connectivity index (χ1) is 12.5. The number of ketones is 1. The van der Waals surface area contributed by atoms with Crippen LogP contribution in [-0.4, -0.2) is 19.0 Å². The average Bonchev–Trinajstić information content (AvgIpc) is 2.66. The molecule has 1 unspecified atom stereocenters. The highest BCUT2D eigenvalue weighted by Crippen LogP contribution is 2.53. The fraction of sp³-hybridized carbons (Fsp3) is 0.261. The summed E-state index contributed by atoms with van der Waals surface area (Å²) < 4.78 is 11.4. The molecule has 0 radical (unpaired) electrons. The molecule has 3 nitrogen and oxygen atoms in total. The maximum absolute atomic E-state index is 13.4. The van der Waals surface area contributed by atoms with Gasteiger partial charge in [0.2, 0.25) is 0 Å². The minimum atomic E-state index is -0.816. The van der Waals surface area contributed by atoms with Crippen molar-refractivity contribution in [3.05, 3.63) is 84.1 Å². The van der Waals surface area contributed by atoms with E-state index in [1.165, 1.54) is 0 Å². The smallest absolute Gasteiger partial charge is 0.185 e. The molecule has 1 aliphatic rings. The first kappa shape index (κ1) is 18.0. The van der Waals surface area contributed by atoms with E-state index in [4.69, 9.17) is 9.47 Å². The molecule has 1 atom stereocenters. The summed E-state index contributed by atoms with van der Waals surface area (Å²) in [5, 5.41) is 0. The monoisotopic (exact) mass is 348 g/mol. The number of ether oxygens (including phenoxy) is 2. The van der Waals surface area contributed by atoms with Crippen LogP contribution in [0.4, 0.5) is 0 Å². The van der Waals surface area contributed by atoms with Crippen LogP contribution in [0, 0.1) is 0 Å². The molecule has 0 heterocycles. The van der Waals surface area contributed by atoms with E-state index in [0.717, 1.165) is 22.6 Å². The fourth-order valence-electron chi connectivity index (χ4n) is 3.49. The van der Waals surface area contributed by atoms with Crippen molar-refractivity contribution in [2.45, 2.75) is 31.8 Å². The summed E-state index contributed by atoms with van der Waals surface area (Å²) in [4.78, 5) is 13.4. The lowest BCUT2D eigenvalue weighted by Gasteiger charge is -2.44. The van der Waals surface area contributed by atoms with E-state index in [1.807, 2.05) is 68.4 Å². The van der Waals surface area contributed by atoms with Crippen molar-refractivity contribution in [2.24, 2.45) is 0 Å². The maximum atomic E-state index is 13.4. The highest BCUT2D eigenvalue weighted by atomic mass is 16.5. The van der Waals surface area contributed by atoms with Gasteiger partial charge in [0.15, 0.2) is 5.78 Å². The quantitative estimate of drug-likeness (QED) is 0.666. The Bertz CT molecular complexity index is 832. The Hall–Kier alpha value is -2.81. The molecule has 0 bridgehead atoms. The highest BCUT2D eigenvalue weighted by molar-refractivity contribution is 6.34. The van der Waals surface area contributed by atoms with Crippen molar-refractivity contribution in [3.8, 4) is 5.75 Å². The molecular weight excluding hydrogens is 324 g/mol. The van der Waals surface area contributed by atoms with Gasteiger partial charge in [0.05, 0.1) is 18.8 Å². The molecule has 0 spiro atoms. The lowest BCUT2D eigenvalue weighted by molar-refractivity contribution is -0.122. The molecule has 26 heavy (non-hydrogen) atoms. The topological polar surface area (TPSA) is 35.5 Å². The van der Waals surface area contributed by atoms with Crippen LogP contribution in [0.1, 0.15) is 31.4 Å². The van der Waals surface area contributed by atoms with Gasteiger partial charge in [-0.15, -0.1) is 6.58 Å². The summed E-state index contributed by atoms with van der Waals surface area (Å²) in [6, 6.07) is 17.3. The van der Waals surface area contributed by atoms with Gasteiger partial charge in [-0.05, 0) is 43.5 Å². The van der Waals surface area contributed by atoms with E-state index in [-0.39, 0.29) is 11.9 Å². The number of carbonyl (C=O) groups is 1. The van der Waals surface area contributed by atoms with Gasteiger partial charge in [0.1, 0.15) is 16.9 Å². The van der Waals surface area contributed by atoms with Gasteiger partial charge in [-0.2, -0.15) is 0 Å². The van der Waals surface area contributed by atoms with Gasteiger partial charge in [0, 0.05) is 0 Å². The Morgan fingerprint density at radius 1 is 1.08 bits per heavy atom.